The summed E-state index contributed by atoms with van der Waals surface area (Å²) in [6.07, 6.45) is 1.47. The average molecular weight is 387 g/mol. The van der Waals surface area contributed by atoms with Crippen LogP contribution in [0.5, 0.6) is 0 Å². The Morgan fingerprint density at radius 2 is 1.88 bits per heavy atom. The van der Waals surface area contributed by atoms with E-state index < -0.39 is 20.0 Å². The molecule has 2 aromatic rings. The standard InChI is InChI=1S/C15H18N2O4S3/c18-23(19)10-2-1-8-17(23)14-3-5-15(6-4-14)24(20,21)16-11-13-7-9-22-12-13/h3-7,9,12,16H,1-2,8,10-11H2. The van der Waals surface area contributed by atoms with Crippen molar-refractivity contribution in [1.29, 1.82) is 0 Å². The molecule has 9 heteroatoms. The van der Waals surface area contributed by atoms with Gasteiger partial charge in [-0.3, -0.25) is 4.31 Å². The molecule has 1 saturated heterocycles. The summed E-state index contributed by atoms with van der Waals surface area (Å²) < 4.78 is 52.7. The van der Waals surface area contributed by atoms with Gasteiger partial charge in [-0.25, -0.2) is 21.6 Å². The van der Waals surface area contributed by atoms with E-state index in [0.29, 0.717) is 18.7 Å². The summed E-state index contributed by atoms with van der Waals surface area (Å²) in [6, 6.07) is 7.83. The predicted octanol–water partition coefficient (Wildman–Crippen LogP) is 2.16. The highest BCUT2D eigenvalue weighted by Crippen LogP contribution is 2.24. The minimum Gasteiger partial charge on any atom is -0.270 e. The zero-order chi connectivity index (χ0) is 17.2. The Balaban J connectivity index is 1.76. The van der Waals surface area contributed by atoms with Gasteiger partial charge < -0.3 is 0 Å². The van der Waals surface area contributed by atoms with Crippen LogP contribution in [0.25, 0.3) is 0 Å². The minimum atomic E-state index is -3.63. The van der Waals surface area contributed by atoms with Crippen LogP contribution in [0.2, 0.25) is 0 Å². The molecule has 1 aromatic carbocycles. The molecule has 2 heterocycles. The normalized spacial score (nSPS) is 17.8. The molecule has 130 valence electrons. The lowest BCUT2D eigenvalue weighted by Crippen LogP contribution is -2.37. The van der Waals surface area contributed by atoms with E-state index in [2.05, 4.69) is 4.72 Å². The molecule has 0 saturated carbocycles. The SMILES string of the molecule is O=S(=O)(NCc1ccsc1)c1ccc(N2CCCCS2(=O)=O)cc1. The molecule has 0 aliphatic carbocycles. The second kappa shape index (κ2) is 6.83. The van der Waals surface area contributed by atoms with Crippen molar-refractivity contribution >= 4 is 37.1 Å². The third-order valence-electron chi connectivity index (χ3n) is 3.83. The topological polar surface area (TPSA) is 83.6 Å². The van der Waals surface area contributed by atoms with Gasteiger partial charge in [0, 0.05) is 13.1 Å². The van der Waals surface area contributed by atoms with Crippen molar-refractivity contribution in [3.05, 3.63) is 46.7 Å². The lowest BCUT2D eigenvalue weighted by atomic mass is 10.3. The maximum absolute atomic E-state index is 12.3. The van der Waals surface area contributed by atoms with Gasteiger partial charge >= 0.3 is 0 Å². The van der Waals surface area contributed by atoms with Gasteiger partial charge in [-0.1, -0.05) is 0 Å². The Morgan fingerprint density at radius 1 is 1.12 bits per heavy atom. The zero-order valence-electron chi connectivity index (χ0n) is 12.9. The number of sulfonamides is 2. The molecular weight excluding hydrogens is 368 g/mol. The van der Waals surface area contributed by atoms with Crippen LogP contribution in [0.4, 0.5) is 5.69 Å². The summed E-state index contributed by atoms with van der Waals surface area (Å²) in [5, 5.41) is 3.77. The fourth-order valence-corrected chi connectivity index (χ4v) is 5.85. The molecule has 1 aliphatic rings. The van der Waals surface area contributed by atoms with Crippen LogP contribution >= 0.6 is 11.3 Å². The van der Waals surface area contributed by atoms with Crippen LogP contribution in [0, 0.1) is 0 Å². The molecule has 3 rings (SSSR count). The quantitative estimate of drug-likeness (QED) is 0.853. The summed E-state index contributed by atoms with van der Waals surface area (Å²) in [6.45, 7) is 0.666. The highest BCUT2D eigenvalue weighted by atomic mass is 32.2. The highest BCUT2D eigenvalue weighted by Gasteiger charge is 2.26. The van der Waals surface area contributed by atoms with E-state index in [1.807, 2.05) is 16.8 Å². The van der Waals surface area contributed by atoms with E-state index >= 15 is 0 Å². The number of thiophene rings is 1. The molecule has 1 N–H and O–H groups in total. The van der Waals surface area contributed by atoms with Crippen LogP contribution in [-0.4, -0.2) is 29.1 Å². The molecule has 0 spiro atoms. The molecule has 0 amide bonds. The fourth-order valence-electron chi connectivity index (χ4n) is 2.53. The van der Waals surface area contributed by atoms with Gasteiger partial charge in [0.15, 0.2) is 0 Å². The Kier molecular flexibility index (Phi) is 4.95. The summed E-state index contributed by atoms with van der Waals surface area (Å²) >= 11 is 1.51. The van der Waals surface area contributed by atoms with Gasteiger partial charge in [-0.2, -0.15) is 11.3 Å². The monoisotopic (exact) mass is 386 g/mol. The van der Waals surface area contributed by atoms with E-state index in [0.717, 1.165) is 12.0 Å². The fraction of sp³-hybridized carbons (Fsp3) is 0.333. The van der Waals surface area contributed by atoms with Crippen LogP contribution in [0.15, 0.2) is 46.0 Å². The number of nitrogens with zero attached hydrogens (tertiary/aromatic N) is 1. The van der Waals surface area contributed by atoms with E-state index in [1.165, 1.54) is 27.8 Å². The molecule has 0 bridgehead atoms. The Labute approximate surface area is 146 Å². The number of hydrogen-bond donors (Lipinski definition) is 1. The first-order valence-electron chi connectivity index (χ1n) is 7.50. The first kappa shape index (κ1) is 17.4. The largest absolute Gasteiger partial charge is 0.270 e. The van der Waals surface area contributed by atoms with Crippen LogP contribution in [0.1, 0.15) is 18.4 Å². The molecule has 1 aliphatic heterocycles. The Hall–Kier alpha value is -1.42. The van der Waals surface area contributed by atoms with E-state index in [-0.39, 0.29) is 17.2 Å². The number of rotatable bonds is 5. The van der Waals surface area contributed by atoms with Crippen LogP contribution in [-0.2, 0) is 26.6 Å². The maximum atomic E-state index is 12.3. The molecule has 0 radical (unpaired) electrons. The van der Waals surface area contributed by atoms with E-state index in [9.17, 15) is 16.8 Å². The maximum Gasteiger partial charge on any atom is 0.240 e. The van der Waals surface area contributed by atoms with Crippen molar-refractivity contribution in [2.24, 2.45) is 0 Å². The first-order chi connectivity index (χ1) is 11.4. The Bertz CT molecular complexity index is 889. The molecule has 1 fully saturated rings. The van der Waals surface area contributed by atoms with Crippen LogP contribution in [0.3, 0.4) is 0 Å². The number of hydrogen-bond acceptors (Lipinski definition) is 5. The summed E-state index contributed by atoms with van der Waals surface area (Å²) in [5.74, 6) is 0.134. The third-order valence-corrected chi connectivity index (χ3v) is 7.85. The third kappa shape index (κ3) is 3.80. The van der Waals surface area contributed by atoms with Crippen molar-refractivity contribution in [1.82, 2.24) is 4.72 Å². The van der Waals surface area contributed by atoms with Crippen molar-refractivity contribution in [2.75, 3.05) is 16.6 Å². The van der Waals surface area contributed by atoms with Gasteiger partial charge in [-0.05, 0) is 59.5 Å². The van der Waals surface area contributed by atoms with Gasteiger partial charge in [0.1, 0.15) is 0 Å². The molecule has 0 atom stereocenters. The number of anilines is 1. The second-order valence-corrected chi connectivity index (χ2v) is 10.1. The zero-order valence-corrected chi connectivity index (χ0v) is 15.3. The summed E-state index contributed by atoms with van der Waals surface area (Å²) in [4.78, 5) is 0.121. The molecule has 24 heavy (non-hydrogen) atoms. The van der Waals surface area contributed by atoms with Crippen molar-refractivity contribution in [3.63, 3.8) is 0 Å². The Morgan fingerprint density at radius 3 is 2.50 bits per heavy atom. The lowest BCUT2D eigenvalue weighted by Gasteiger charge is -2.28. The average Bonchev–Trinajstić information content (AvgIpc) is 3.06. The second-order valence-electron chi connectivity index (χ2n) is 5.55. The van der Waals surface area contributed by atoms with E-state index in [1.54, 1.807) is 12.1 Å². The van der Waals surface area contributed by atoms with Crippen LogP contribution < -0.4 is 9.03 Å². The van der Waals surface area contributed by atoms with Gasteiger partial charge in [0.05, 0.1) is 16.3 Å². The molecule has 0 unspecified atom stereocenters. The van der Waals surface area contributed by atoms with Gasteiger partial charge in [0.25, 0.3) is 0 Å². The highest BCUT2D eigenvalue weighted by molar-refractivity contribution is 7.92. The minimum absolute atomic E-state index is 0.121. The van der Waals surface area contributed by atoms with Gasteiger partial charge in [0.2, 0.25) is 20.0 Å². The lowest BCUT2D eigenvalue weighted by molar-refractivity contribution is 0.574. The first-order valence-corrected chi connectivity index (χ1v) is 11.5. The van der Waals surface area contributed by atoms with Gasteiger partial charge in [-0.15, -0.1) is 0 Å². The smallest absolute Gasteiger partial charge is 0.240 e. The number of benzene rings is 1. The van der Waals surface area contributed by atoms with E-state index in [4.69, 9.17) is 0 Å². The molecular formula is C15H18N2O4S3. The summed E-state index contributed by atoms with van der Waals surface area (Å²) in [5.41, 5.74) is 1.41. The van der Waals surface area contributed by atoms with Crippen molar-refractivity contribution in [3.8, 4) is 0 Å². The van der Waals surface area contributed by atoms with Crippen molar-refractivity contribution < 1.29 is 16.8 Å². The number of nitrogens with one attached hydrogen (secondary N) is 1. The van der Waals surface area contributed by atoms with Crippen molar-refractivity contribution in [2.45, 2.75) is 24.3 Å². The molecule has 6 nitrogen and oxygen atoms in total. The predicted molar refractivity (Wildman–Crippen MR) is 95.2 cm³/mol. The molecule has 1 aromatic heterocycles. The summed E-state index contributed by atoms with van der Waals surface area (Å²) in [7, 11) is -6.92.